The van der Waals surface area contributed by atoms with Gasteiger partial charge in [0.15, 0.2) is 5.65 Å². The first-order valence-corrected chi connectivity index (χ1v) is 11.3. The van der Waals surface area contributed by atoms with E-state index in [4.69, 9.17) is 14.2 Å². The Morgan fingerprint density at radius 2 is 1.63 bits per heavy atom. The Labute approximate surface area is 201 Å². The maximum Gasteiger partial charge on any atom is 0.338 e. The van der Waals surface area contributed by atoms with Gasteiger partial charge in [-0.3, -0.25) is 4.57 Å². The van der Waals surface area contributed by atoms with Crippen LogP contribution in [0.3, 0.4) is 0 Å². The van der Waals surface area contributed by atoms with E-state index >= 15 is 0 Å². The van der Waals surface area contributed by atoms with Crippen LogP contribution in [0.25, 0.3) is 11.2 Å². The first-order chi connectivity index (χ1) is 17.0. The number of hydrogen-bond acceptors (Lipinski definition) is 8. The average molecular weight is 473 g/mol. The molecule has 178 valence electrons. The Kier molecular flexibility index (Phi) is 6.24. The number of imidazole rings is 1. The van der Waals surface area contributed by atoms with Crippen LogP contribution in [0.15, 0.2) is 67.4 Å². The highest BCUT2D eigenvalue weighted by Crippen LogP contribution is 2.33. The first kappa shape index (κ1) is 22.7. The summed E-state index contributed by atoms with van der Waals surface area (Å²) in [4.78, 5) is 38.0. The fraction of sp³-hybridized carbons (Fsp3) is 0.269. The molecule has 2 aromatic carbocycles. The van der Waals surface area contributed by atoms with Crippen LogP contribution in [0.1, 0.15) is 44.5 Å². The minimum absolute atomic E-state index is 0.0727. The van der Waals surface area contributed by atoms with Crippen LogP contribution < -0.4 is 0 Å². The van der Waals surface area contributed by atoms with Gasteiger partial charge in [0.1, 0.15) is 36.9 Å². The van der Waals surface area contributed by atoms with Gasteiger partial charge in [0.2, 0.25) is 0 Å². The lowest BCUT2D eigenvalue weighted by Crippen LogP contribution is -2.32. The molecule has 1 aliphatic rings. The Morgan fingerprint density at radius 1 is 0.971 bits per heavy atom. The van der Waals surface area contributed by atoms with Crippen LogP contribution >= 0.6 is 0 Å². The largest absolute Gasteiger partial charge is 0.459 e. The van der Waals surface area contributed by atoms with Crippen LogP contribution in [0.4, 0.5) is 0 Å². The lowest BCUT2D eigenvalue weighted by Gasteiger charge is -2.19. The van der Waals surface area contributed by atoms with Crippen LogP contribution in [-0.2, 0) is 14.2 Å². The average Bonchev–Trinajstić information content (AvgIpc) is 3.47. The molecule has 1 fully saturated rings. The molecule has 0 N–H and O–H groups in total. The zero-order valence-corrected chi connectivity index (χ0v) is 19.3. The van der Waals surface area contributed by atoms with E-state index in [0.717, 1.165) is 11.1 Å². The fourth-order valence-corrected chi connectivity index (χ4v) is 3.97. The second-order valence-electron chi connectivity index (χ2n) is 8.52. The zero-order chi connectivity index (χ0) is 24.4. The second kappa shape index (κ2) is 9.63. The quantitative estimate of drug-likeness (QED) is 0.390. The first-order valence-electron chi connectivity index (χ1n) is 11.3. The van der Waals surface area contributed by atoms with E-state index in [0.29, 0.717) is 28.7 Å². The van der Waals surface area contributed by atoms with Gasteiger partial charge in [-0.05, 0) is 38.1 Å². The molecule has 3 heterocycles. The number of esters is 2. The molecule has 2 aromatic heterocycles. The number of ether oxygens (including phenoxy) is 3. The standard InChI is InChI=1S/C26H24N4O5/c1-16-3-7-18(8-4-16)25(31)33-13-22-21(35-26(32)19-9-5-17(2)6-10-19)11-23(34-22)30-15-29-20-12-27-14-28-24(20)30/h3-10,12,14-15,21-23H,11,13H2,1-2H3/t21-,22+,23+/m0/s1. The number of hydrogen-bond donors (Lipinski definition) is 0. The summed E-state index contributed by atoms with van der Waals surface area (Å²) >= 11 is 0. The third-order valence-corrected chi connectivity index (χ3v) is 5.94. The molecule has 0 unspecified atom stereocenters. The highest BCUT2D eigenvalue weighted by atomic mass is 16.6. The van der Waals surface area contributed by atoms with Crippen molar-refractivity contribution in [2.24, 2.45) is 0 Å². The van der Waals surface area contributed by atoms with E-state index in [9.17, 15) is 9.59 Å². The number of fused-ring (bicyclic) bond motifs is 1. The van der Waals surface area contributed by atoms with Crippen molar-refractivity contribution in [2.45, 2.75) is 38.7 Å². The summed E-state index contributed by atoms with van der Waals surface area (Å²) in [5, 5.41) is 0. The van der Waals surface area contributed by atoms with Gasteiger partial charge in [-0.1, -0.05) is 35.4 Å². The van der Waals surface area contributed by atoms with Crippen molar-refractivity contribution in [1.82, 2.24) is 19.5 Å². The predicted molar refractivity (Wildman–Crippen MR) is 126 cm³/mol. The van der Waals surface area contributed by atoms with E-state index in [-0.39, 0.29) is 6.61 Å². The van der Waals surface area contributed by atoms with Crippen molar-refractivity contribution in [3.8, 4) is 0 Å². The number of aryl methyl sites for hydroxylation is 2. The van der Waals surface area contributed by atoms with Gasteiger partial charge in [0.25, 0.3) is 0 Å². The van der Waals surface area contributed by atoms with Crippen LogP contribution in [0.2, 0.25) is 0 Å². The minimum atomic E-state index is -0.664. The van der Waals surface area contributed by atoms with Crippen molar-refractivity contribution in [3.05, 3.63) is 89.6 Å². The van der Waals surface area contributed by atoms with E-state index < -0.39 is 30.4 Å². The van der Waals surface area contributed by atoms with Gasteiger partial charge in [-0.25, -0.2) is 24.5 Å². The molecule has 35 heavy (non-hydrogen) atoms. The van der Waals surface area contributed by atoms with Gasteiger partial charge in [0, 0.05) is 6.42 Å². The van der Waals surface area contributed by atoms with E-state index in [2.05, 4.69) is 15.0 Å². The summed E-state index contributed by atoms with van der Waals surface area (Å²) in [6, 6.07) is 14.2. The molecule has 4 aromatic rings. The lowest BCUT2D eigenvalue weighted by atomic mass is 10.1. The predicted octanol–water partition coefficient (Wildman–Crippen LogP) is 3.81. The molecule has 9 nitrogen and oxygen atoms in total. The Morgan fingerprint density at radius 3 is 2.31 bits per heavy atom. The van der Waals surface area contributed by atoms with Crippen LogP contribution in [0.5, 0.6) is 0 Å². The van der Waals surface area contributed by atoms with Crippen LogP contribution in [-0.4, -0.2) is 50.3 Å². The molecular weight excluding hydrogens is 448 g/mol. The normalized spacial score (nSPS) is 19.5. The molecule has 0 amide bonds. The number of benzene rings is 2. The van der Waals surface area contributed by atoms with Gasteiger partial charge >= 0.3 is 11.9 Å². The molecule has 5 rings (SSSR count). The number of nitrogens with zero attached hydrogens (tertiary/aromatic N) is 4. The third kappa shape index (κ3) is 4.90. The molecule has 0 radical (unpaired) electrons. The number of carbonyl (C=O) groups is 2. The Bertz CT molecular complexity index is 1350. The second-order valence-corrected chi connectivity index (χ2v) is 8.52. The maximum absolute atomic E-state index is 12.8. The van der Waals surface area contributed by atoms with Gasteiger partial charge in [-0.2, -0.15) is 0 Å². The van der Waals surface area contributed by atoms with E-state index in [1.54, 1.807) is 41.4 Å². The topological polar surface area (TPSA) is 105 Å². The van der Waals surface area contributed by atoms with Crippen molar-refractivity contribution < 1.29 is 23.8 Å². The third-order valence-electron chi connectivity index (χ3n) is 5.94. The molecule has 0 aliphatic carbocycles. The SMILES string of the molecule is Cc1ccc(C(=O)OC[C@H]2O[C@@H](n3cnc4cncnc43)C[C@@H]2OC(=O)c2ccc(C)cc2)cc1. The van der Waals surface area contributed by atoms with Crippen molar-refractivity contribution in [2.75, 3.05) is 6.61 Å². The molecule has 1 aliphatic heterocycles. The lowest BCUT2D eigenvalue weighted by molar-refractivity contribution is -0.0563. The fourth-order valence-electron chi connectivity index (χ4n) is 3.97. The van der Waals surface area contributed by atoms with Crippen LogP contribution in [0, 0.1) is 13.8 Å². The van der Waals surface area contributed by atoms with Crippen molar-refractivity contribution in [1.29, 1.82) is 0 Å². The highest BCUT2D eigenvalue weighted by molar-refractivity contribution is 5.90. The molecular formula is C26H24N4O5. The summed E-state index contributed by atoms with van der Waals surface area (Å²) in [6.07, 6.45) is 3.20. The Balaban J connectivity index is 1.34. The van der Waals surface area contributed by atoms with Gasteiger partial charge in [-0.15, -0.1) is 0 Å². The maximum atomic E-state index is 12.8. The molecule has 0 bridgehead atoms. The molecule has 1 saturated heterocycles. The van der Waals surface area contributed by atoms with Gasteiger partial charge < -0.3 is 14.2 Å². The Hall–Kier alpha value is -4.11. The zero-order valence-electron chi connectivity index (χ0n) is 19.3. The van der Waals surface area contributed by atoms with E-state index in [1.807, 2.05) is 38.1 Å². The summed E-state index contributed by atoms with van der Waals surface area (Å²) in [6.45, 7) is 3.82. The minimum Gasteiger partial charge on any atom is -0.459 e. The highest BCUT2D eigenvalue weighted by Gasteiger charge is 2.40. The number of rotatable bonds is 6. The summed E-state index contributed by atoms with van der Waals surface area (Å²) < 4.78 is 19.3. The molecule has 3 atom stereocenters. The number of carbonyl (C=O) groups excluding carboxylic acids is 2. The number of aromatic nitrogens is 4. The van der Waals surface area contributed by atoms with Crippen molar-refractivity contribution in [3.63, 3.8) is 0 Å². The monoisotopic (exact) mass is 472 g/mol. The molecule has 9 heteroatoms. The summed E-state index contributed by atoms with van der Waals surface area (Å²) in [5.74, 6) is -0.937. The van der Waals surface area contributed by atoms with E-state index in [1.165, 1.54) is 6.33 Å². The smallest absolute Gasteiger partial charge is 0.338 e. The molecule has 0 spiro atoms. The van der Waals surface area contributed by atoms with Gasteiger partial charge in [0.05, 0.1) is 23.7 Å². The summed E-state index contributed by atoms with van der Waals surface area (Å²) in [7, 11) is 0. The summed E-state index contributed by atoms with van der Waals surface area (Å²) in [5.41, 5.74) is 4.19. The molecule has 0 saturated carbocycles. The van der Waals surface area contributed by atoms with Crippen molar-refractivity contribution >= 4 is 23.1 Å².